The first-order valence-electron chi connectivity index (χ1n) is 6.84. The highest BCUT2D eigenvalue weighted by Crippen LogP contribution is 2.10. The lowest BCUT2D eigenvalue weighted by atomic mass is 10.2. The summed E-state index contributed by atoms with van der Waals surface area (Å²) >= 11 is 0. The minimum Gasteiger partial charge on any atom is -0.465 e. The van der Waals surface area contributed by atoms with Crippen LogP contribution in [0, 0.1) is 6.92 Å². The van der Waals surface area contributed by atoms with E-state index in [-0.39, 0.29) is 5.91 Å². The molecule has 0 spiro atoms. The average Bonchev–Trinajstić information content (AvgIpc) is 2.98. The van der Waals surface area contributed by atoms with Gasteiger partial charge in [0.05, 0.1) is 6.26 Å². The van der Waals surface area contributed by atoms with E-state index in [0.717, 1.165) is 5.56 Å². The molecule has 0 aliphatic rings. The maximum absolute atomic E-state index is 12.0. The number of benzene rings is 1. The molecule has 0 saturated carbocycles. The van der Waals surface area contributed by atoms with Crippen molar-refractivity contribution in [3.63, 3.8) is 0 Å². The zero-order valence-electron chi connectivity index (χ0n) is 12.4. The summed E-state index contributed by atoms with van der Waals surface area (Å²) in [6, 6.07) is 10.8. The molecule has 2 rings (SSSR count). The molecule has 0 aliphatic carbocycles. The summed E-state index contributed by atoms with van der Waals surface area (Å²) in [5.41, 5.74) is 1.70. The minimum absolute atomic E-state index is 0.384. The smallest absolute Gasteiger partial charge is 0.331 e. The number of esters is 1. The molecule has 0 radical (unpaired) electrons. The summed E-state index contributed by atoms with van der Waals surface area (Å²) in [5, 5.41) is 2.70. The monoisotopic (exact) mass is 299 g/mol. The van der Waals surface area contributed by atoms with E-state index in [1.165, 1.54) is 25.3 Å². The number of amides is 1. The van der Waals surface area contributed by atoms with Gasteiger partial charge in [0, 0.05) is 11.8 Å². The lowest BCUT2D eigenvalue weighted by Crippen LogP contribution is -2.29. The molecule has 5 heteroatoms. The molecular weight excluding hydrogens is 282 g/mol. The van der Waals surface area contributed by atoms with E-state index in [2.05, 4.69) is 5.32 Å². The first-order chi connectivity index (χ1) is 10.5. The van der Waals surface area contributed by atoms with Gasteiger partial charge >= 0.3 is 5.97 Å². The molecule has 2 aromatic rings. The van der Waals surface area contributed by atoms with Crippen LogP contribution in [0.5, 0.6) is 0 Å². The summed E-state index contributed by atoms with van der Waals surface area (Å²) in [7, 11) is 0. The number of furan rings is 1. The van der Waals surface area contributed by atoms with Crippen molar-refractivity contribution in [3.05, 3.63) is 60.1 Å². The molecule has 1 aromatic carbocycles. The van der Waals surface area contributed by atoms with Crippen molar-refractivity contribution in [2.24, 2.45) is 0 Å². The third-order valence-corrected chi connectivity index (χ3v) is 2.87. The van der Waals surface area contributed by atoms with E-state index in [1.807, 2.05) is 25.1 Å². The van der Waals surface area contributed by atoms with Crippen molar-refractivity contribution in [2.45, 2.75) is 20.0 Å². The molecule has 1 aromatic heterocycles. The van der Waals surface area contributed by atoms with Crippen LogP contribution in [-0.4, -0.2) is 18.0 Å². The second-order valence-corrected chi connectivity index (χ2v) is 4.79. The highest BCUT2D eigenvalue weighted by atomic mass is 16.5. The second kappa shape index (κ2) is 7.26. The van der Waals surface area contributed by atoms with Crippen molar-refractivity contribution in [2.75, 3.05) is 5.32 Å². The predicted molar refractivity (Wildman–Crippen MR) is 83.1 cm³/mol. The van der Waals surface area contributed by atoms with Gasteiger partial charge in [-0.15, -0.1) is 0 Å². The zero-order valence-corrected chi connectivity index (χ0v) is 12.4. The number of hydrogen-bond acceptors (Lipinski definition) is 4. The predicted octanol–water partition coefficient (Wildman–Crippen LogP) is 3.17. The van der Waals surface area contributed by atoms with E-state index in [1.54, 1.807) is 18.2 Å². The van der Waals surface area contributed by atoms with E-state index in [9.17, 15) is 9.59 Å². The first-order valence-corrected chi connectivity index (χ1v) is 6.84. The van der Waals surface area contributed by atoms with E-state index in [4.69, 9.17) is 9.15 Å². The summed E-state index contributed by atoms with van der Waals surface area (Å²) in [5.74, 6) is -0.456. The Kier molecular flexibility index (Phi) is 5.14. The Bertz CT molecular complexity index is 674. The van der Waals surface area contributed by atoms with Gasteiger partial charge in [0.2, 0.25) is 0 Å². The van der Waals surface area contributed by atoms with Crippen molar-refractivity contribution in [3.8, 4) is 0 Å². The number of carbonyl (C=O) groups excluding carboxylic acids is 2. The van der Waals surface area contributed by atoms with Crippen LogP contribution in [0.4, 0.5) is 5.69 Å². The van der Waals surface area contributed by atoms with Crippen LogP contribution >= 0.6 is 0 Å². The lowest BCUT2D eigenvalue weighted by molar-refractivity contribution is -0.148. The Morgan fingerprint density at radius 1 is 1.27 bits per heavy atom. The van der Waals surface area contributed by atoms with Crippen LogP contribution in [0.2, 0.25) is 0 Å². The van der Waals surface area contributed by atoms with E-state index >= 15 is 0 Å². The first kappa shape index (κ1) is 15.6. The van der Waals surface area contributed by atoms with E-state index < -0.39 is 12.1 Å². The molecule has 1 N–H and O–H groups in total. The Hall–Kier alpha value is -2.82. The number of hydrogen-bond donors (Lipinski definition) is 1. The molecule has 0 fully saturated rings. The third-order valence-electron chi connectivity index (χ3n) is 2.87. The summed E-state index contributed by atoms with van der Waals surface area (Å²) in [6.07, 6.45) is 3.31. The highest BCUT2D eigenvalue weighted by molar-refractivity contribution is 5.96. The van der Waals surface area contributed by atoms with E-state index in [0.29, 0.717) is 11.4 Å². The summed E-state index contributed by atoms with van der Waals surface area (Å²) in [6.45, 7) is 3.45. The number of rotatable bonds is 5. The Morgan fingerprint density at radius 3 is 2.77 bits per heavy atom. The van der Waals surface area contributed by atoms with Crippen LogP contribution in [-0.2, 0) is 14.3 Å². The van der Waals surface area contributed by atoms with Crippen LogP contribution in [0.3, 0.4) is 0 Å². The van der Waals surface area contributed by atoms with Crippen molar-refractivity contribution >= 4 is 23.6 Å². The fraction of sp³-hybridized carbons (Fsp3) is 0.176. The number of nitrogens with one attached hydrogen (secondary N) is 1. The number of anilines is 1. The zero-order chi connectivity index (χ0) is 15.9. The maximum atomic E-state index is 12.0. The van der Waals surface area contributed by atoms with Gasteiger partial charge in [-0.3, -0.25) is 4.79 Å². The highest BCUT2D eigenvalue weighted by Gasteiger charge is 2.16. The molecule has 1 atom stereocenters. The normalized spacial score (nSPS) is 12.1. The molecule has 0 bridgehead atoms. The standard InChI is InChI=1S/C17H17NO4/c1-12-5-3-6-14(11-12)18-17(20)13(2)22-16(19)9-8-15-7-4-10-21-15/h3-11,13H,1-2H3,(H,18,20)/b9-8+/t13-/m1/s1. The molecule has 1 amide bonds. The largest absolute Gasteiger partial charge is 0.465 e. The van der Waals surface area contributed by atoms with Gasteiger partial charge in [0.1, 0.15) is 5.76 Å². The van der Waals surface area contributed by atoms with Gasteiger partial charge < -0.3 is 14.5 Å². The van der Waals surface area contributed by atoms with Crippen LogP contribution in [0.15, 0.2) is 53.2 Å². The quantitative estimate of drug-likeness (QED) is 0.680. The molecule has 22 heavy (non-hydrogen) atoms. The van der Waals surface area contributed by atoms with Gasteiger partial charge in [-0.2, -0.15) is 0 Å². The maximum Gasteiger partial charge on any atom is 0.331 e. The number of ether oxygens (including phenoxy) is 1. The third kappa shape index (κ3) is 4.63. The van der Waals surface area contributed by atoms with Crippen molar-refractivity contribution < 1.29 is 18.7 Å². The average molecular weight is 299 g/mol. The van der Waals surface area contributed by atoms with Crippen molar-refractivity contribution in [1.29, 1.82) is 0 Å². The molecule has 0 saturated heterocycles. The Labute approximate surface area is 128 Å². The van der Waals surface area contributed by atoms with Crippen molar-refractivity contribution in [1.82, 2.24) is 0 Å². The van der Waals surface area contributed by atoms with Gasteiger partial charge in [0.25, 0.3) is 5.91 Å². The fourth-order valence-electron chi connectivity index (χ4n) is 1.77. The number of aryl methyl sites for hydroxylation is 1. The summed E-state index contributed by atoms with van der Waals surface area (Å²) < 4.78 is 10.1. The molecule has 0 aliphatic heterocycles. The molecule has 1 heterocycles. The lowest BCUT2D eigenvalue weighted by Gasteiger charge is -2.12. The summed E-state index contributed by atoms with van der Waals surface area (Å²) in [4.78, 5) is 23.6. The minimum atomic E-state index is -0.894. The molecular formula is C17H17NO4. The van der Waals surface area contributed by atoms with Gasteiger partial charge in [-0.05, 0) is 49.8 Å². The SMILES string of the molecule is Cc1cccc(NC(=O)[C@@H](C)OC(=O)/C=C/c2ccco2)c1. The van der Waals surface area contributed by atoms with Crippen LogP contribution in [0.1, 0.15) is 18.2 Å². The van der Waals surface area contributed by atoms with Gasteiger partial charge in [-0.25, -0.2) is 4.79 Å². The molecule has 5 nitrogen and oxygen atoms in total. The number of carbonyl (C=O) groups is 2. The molecule has 114 valence electrons. The van der Waals surface area contributed by atoms with Gasteiger partial charge in [-0.1, -0.05) is 12.1 Å². The fourth-order valence-corrected chi connectivity index (χ4v) is 1.77. The molecule has 0 unspecified atom stereocenters. The topological polar surface area (TPSA) is 68.5 Å². The van der Waals surface area contributed by atoms with Crippen LogP contribution in [0.25, 0.3) is 6.08 Å². The Balaban J connectivity index is 1.87. The Morgan fingerprint density at radius 2 is 2.09 bits per heavy atom. The van der Waals surface area contributed by atoms with Crippen LogP contribution < -0.4 is 5.32 Å². The second-order valence-electron chi connectivity index (χ2n) is 4.79. The van der Waals surface area contributed by atoms with Gasteiger partial charge in [0.15, 0.2) is 6.10 Å².